The zero-order valence-corrected chi connectivity index (χ0v) is 19.5. The van der Waals surface area contributed by atoms with Gasteiger partial charge in [0, 0.05) is 29.1 Å². The third-order valence-electron chi connectivity index (χ3n) is 5.93. The number of carboxylic acids is 1. The highest BCUT2D eigenvalue weighted by Crippen LogP contribution is 2.33. The van der Waals surface area contributed by atoms with Crippen LogP contribution in [0.2, 0.25) is 0 Å². The Hall–Kier alpha value is -5.05. The van der Waals surface area contributed by atoms with Crippen LogP contribution in [0.25, 0.3) is 17.0 Å². The molecule has 1 aliphatic rings. The highest BCUT2D eigenvalue weighted by molar-refractivity contribution is 6.06. The largest absolute Gasteiger partial charge is 0.548 e. The second-order valence-corrected chi connectivity index (χ2v) is 8.40. The first kappa shape index (κ1) is 23.7. The molecule has 0 saturated heterocycles. The average molecular weight is 496 g/mol. The Balaban J connectivity index is 1.42. The molecule has 4 aromatic rings. The molecule has 2 amide bonds. The van der Waals surface area contributed by atoms with Crippen molar-refractivity contribution in [3.63, 3.8) is 0 Å². The molecule has 0 radical (unpaired) electrons. The number of carboxylic acid groups (broad SMARTS) is 1. The molecule has 186 valence electrons. The highest BCUT2D eigenvalue weighted by atomic mass is 16.7. The van der Waals surface area contributed by atoms with Gasteiger partial charge in [0.2, 0.25) is 6.79 Å². The van der Waals surface area contributed by atoms with Crippen LogP contribution in [0.15, 0.2) is 84.7 Å². The van der Waals surface area contributed by atoms with E-state index in [1.807, 2.05) is 24.3 Å². The molecule has 1 aromatic heterocycles. The van der Waals surface area contributed by atoms with Crippen molar-refractivity contribution >= 4 is 34.8 Å². The fourth-order valence-corrected chi connectivity index (χ4v) is 4.06. The van der Waals surface area contributed by atoms with Crippen molar-refractivity contribution in [1.82, 2.24) is 15.6 Å². The predicted molar refractivity (Wildman–Crippen MR) is 133 cm³/mol. The normalized spacial score (nSPS) is 13.2. The first-order valence-electron chi connectivity index (χ1n) is 11.5. The van der Waals surface area contributed by atoms with Gasteiger partial charge >= 0.3 is 0 Å². The van der Waals surface area contributed by atoms with Gasteiger partial charge in [0.25, 0.3) is 11.8 Å². The summed E-state index contributed by atoms with van der Waals surface area (Å²) in [6, 6.07) is 19.5. The van der Waals surface area contributed by atoms with Crippen molar-refractivity contribution in [3.8, 4) is 11.5 Å². The third-order valence-corrected chi connectivity index (χ3v) is 5.93. The van der Waals surface area contributed by atoms with Crippen LogP contribution in [0.3, 0.4) is 0 Å². The van der Waals surface area contributed by atoms with Gasteiger partial charge in [-0.25, -0.2) is 0 Å². The van der Waals surface area contributed by atoms with Gasteiger partial charge in [-0.1, -0.05) is 42.5 Å². The first-order valence-corrected chi connectivity index (χ1v) is 11.5. The van der Waals surface area contributed by atoms with Gasteiger partial charge in [0.05, 0.1) is 12.0 Å². The van der Waals surface area contributed by atoms with Crippen LogP contribution in [0.5, 0.6) is 11.5 Å². The Morgan fingerprint density at radius 1 is 0.973 bits per heavy atom. The van der Waals surface area contributed by atoms with E-state index in [0.29, 0.717) is 28.2 Å². The summed E-state index contributed by atoms with van der Waals surface area (Å²) in [6.45, 7) is 0.0850. The minimum Gasteiger partial charge on any atom is -0.548 e. The zero-order valence-electron chi connectivity index (χ0n) is 19.5. The molecule has 0 aliphatic carbocycles. The molecule has 0 fully saturated rings. The van der Waals surface area contributed by atoms with Crippen LogP contribution in [-0.2, 0) is 16.0 Å². The van der Waals surface area contributed by atoms with Crippen LogP contribution < -0.4 is 25.2 Å². The van der Waals surface area contributed by atoms with E-state index in [0.717, 1.165) is 10.9 Å². The smallest absolute Gasteiger partial charge is 0.268 e. The molecule has 0 saturated carbocycles. The number of benzene rings is 3. The summed E-state index contributed by atoms with van der Waals surface area (Å²) >= 11 is 0. The summed E-state index contributed by atoms with van der Waals surface area (Å²) in [4.78, 5) is 41.2. The SMILES string of the molecule is O=C(N[C@H](Cc1c[nH]c2ccccc12)C(=O)[O-])/C(=C\c1ccc2c(c1)OCO2)NC(=O)c1ccccc1. The molecule has 9 heteroatoms. The molecule has 3 N–H and O–H groups in total. The molecule has 37 heavy (non-hydrogen) atoms. The molecule has 3 aromatic carbocycles. The van der Waals surface area contributed by atoms with E-state index in [9.17, 15) is 19.5 Å². The van der Waals surface area contributed by atoms with Crippen molar-refractivity contribution in [2.75, 3.05) is 6.79 Å². The maximum absolute atomic E-state index is 13.3. The lowest BCUT2D eigenvalue weighted by Gasteiger charge is -2.21. The number of ether oxygens (including phenoxy) is 2. The van der Waals surface area contributed by atoms with Gasteiger partial charge in [0.15, 0.2) is 11.5 Å². The van der Waals surface area contributed by atoms with Gasteiger partial charge < -0.3 is 35.0 Å². The van der Waals surface area contributed by atoms with Crippen LogP contribution >= 0.6 is 0 Å². The minimum atomic E-state index is -1.45. The lowest BCUT2D eigenvalue weighted by molar-refractivity contribution is -0.308. The fraction of sp³-hybridized carbons (Fsp3) is 0.107. The quantitative estimate of drug-likeness (QED) is 0.320. The van der Waals surface area contributed by atoms with E-state index in [4.69, 9.17) is 9.47 Å². The maximum atomic E-state index is 13.3. The lowest BCUT2D eigenvalue weighted by atomic mass is 10.0. The first-order chi connectivity index (χ1) is 18.0. The zero-order chi connectivity index (χ0) is 25.8. The standard InChI is InChI=1S/C28H23N3O6/c32-26(18-6-2-1-3-7-18)30-22(12-17-10-11-24-25(13-17)37-16-36-24)27(33)31-23(28(34)35)14-19-15-29-21-9-5-4-8-20(19)21/h1-13,15,23,29H,14,16H2,(H,30,32)(H,31,33)(H,34,35)/p-1/b22-12+/t23-/m1/s1. The second-order valence-electron chi connectivity index (χ2n) is 8.40. The number of hydrogen-bond donors (Lipinski definition) is 3. The number of H-pyrrole nitrogens is 1. The number of rotatable bonds is 8. The number of fused-ring (bicyclic) bond motifs is 2. The van der Waals surface area contributed by atoms with E-state index in [1.165, 1.54) is 6.08 Å². The third kappa shape index (κ3) is 5.30. The minimum absolute atomic E-state index is 0.0119. The lowest BCUT2D eigenvalue weighted by Crippen LogP contribution is -2.50. The highest BCUT2D eigenvalue weighted by Gasteiger charge is 2.21. The van der Waals surface area contributed by atoms with E-state index < -0.39 is 23.8 Å². The number of aromatic nitrogens is 1. The van der Waals surface area contributed by atoms with Crippen molar-refractivity contribution in [1.29, 1.82) is 0 Å². The predicted octanol–water partition coefficient (Wildman–Crippen LogP) is 2.14. The molecule has 9 nitrogen and oxygen atoms in total. The number of nitrogens with one attached hydrogen (secondary N) is 3. The molecular formula is C28H22N3O6-. The van der Waals surface area contributed by atoms with Gasteiger partial charge in [-0.3, -0.25) is 9.59 Å². The molecule has 0 bridgehead atoms. The molecular weight excluding hydrogens is 474 g/mol. The summed E-state index contributed by atoms with van der Waals surface area (Å²) in [5.74, 6) is -1.70. The number of aromatic amines is 1. The summed E-state index contributed by atoms with van der Waals surface area (Å²) in [5, 5.41) is 17.9. The molecule has 1 atom stereocenters. The summed E-state index contributed by atoms with van der Waals surface area (Å²) in [5.41, 5.74) is 2.29. The summed E-state index contributed by atoms with van der Waals surface area (Å²) in [7, 11) is 0. The Morgan fingerprint density at radius 2 is 1.73 bits per heavy atom. The molecule has 2 heterocycles. The fourth-order valence-electron chi connectivity index (χ4n) is 4.06. The number of carbonyl (C=O) groups is 3. The summed E-state index contributed by atoms with van der Waals surface area (Å²) in [6.07, 6.45) is 3.13. The van der Waals surface area contributed by atoms with Crippen molar-refractivity contribution in [2.45, 2.75) is 12.5 Å². The Kier molecular flexibility index (Phi) is 6.58. The molecule has 0 unspecified atom stereocenters. The van der Waals surface area contributed by atoms with Crippen molar-refractivity contribution in [3.05, 3.63) is 101 Å². The Morgan fingerprint density at radius 3 is 2.54 bits per heavy atom. The van der Waals surface area contributed by atoms with Crippen LogP contribution in [0, 0.1) is 0 Å². The summed E-state index contributed by atoms with van der Waals surface area (Å²) < 4.78 is 10.7. The van der Waals surface area contributed by atoms with E-state index in [-0.39, 0.29) is 18.9 Å². The Labute approximate surface area is 211 Å². The van der Waals surface area contributed by atoms with E-state index in [2.05, 4.69) is 15.6 Å². The average Bonchev–Trinajstić information content (AvgIpc) is 3.55. The number of amides is 2. The van der Waals surface area contributed by atoms with Crippen LogP contribution in [0.1, 0.15) is 21.5 Å². The monoisotopic (exact) mass is 496 g/mol. The van der Waals surface area contributed by atoms with Crippen LogP contribution in [0.4, 0.5) is 0 Å². The van der Waals surface area contributed by atoms with E-state index >= 15 is 0 Å². The topological polar surface area (TPSA) is 133 Å². The molecule has 0 spiro atoms. The number of para-hydroxylation sites is 1. The van der Waals surface area contributed by atoms with Gasteiger partial charge in [-0.2, -0.15) is 0 Å². The number of aliphatic carboxylic acids is 1. The Bertz CT molecular complexity index is 1510. The van der Waals surface area contributed by atoms with Crippen LogP contribution in [-0.4, -0.2) is 35.6 Å². The van der Waals surface area contributed by atoms with E-state index in [1.54, 1.807) is 54.7 Å². The number of carbonyl (C=O) groups excluding carboxylic acids is 3. The van der Waals surface area contributed by atoms with Crippen molar-refractivity contribution in [2.24, 2.45) is 0 Å². The second kappa shape index (κ2) is 10.3. The van der Waals surface area contributed by atoms with Gasteiger partial charge in [-0.05, 0) is 47.5 Å². The maximum Gasteiger partial charge on any atom is 0.268 e. The van der Waals surface area contributed by atoms with Gasteiger partial charge in [0.1, 0.15) is 5.70 Å². The van der Waals surface area contributed by atoms with Crippen molar-refractivity contribution < 1.29 is 29.0 Å². The number of hydrogen-bond acceptors (Lipinski definition) is 6. The molecule has 5 rings (SSSR count). The molecule has 1 aliphatic heterocycles. The van der Waals surface area contributed by atoms with Gasteiger partial charge in [-0.15, -0.1) is 0 Å².